The SMILES string of the molecule is [CH2]C(C)(C)C(=O)CCC=O. The largest absolute Gasteiger partial charge is 0.303 e. The molecule has 0 bridgehead atoms. The quantitative estimate of drug-likeness (QED) is 0.554. The van der Waals surface area contributed by atoms with E-state index >= 15 is 0 Å². The van der Waals surface area contributed by atoms with Gasteiger partial charge in [0.05, 0.1) is 0 Å². The average molecular weight is 141 g/mol. The first kappa shape index (κ1) is 9.34. The molecule has 0 saturated carbocycles. The zero-order valence-corrected chi connectivity index (χ0v) is 6.52. The summed E-state index contributed by atoms with van der Waals surface area (Å²) in [5, 5.41) is 0. The van der Waals surface area contributed by atoms with Gasteiger partial charge in [-0.2, -0.15) is 0 Å². The molecule has 2 nitrogen and oxygen atoms in total. The van der Waals surface area contributed by atoms with Crippen molar-refractivity contribution < 1.29 is 9.59 Å². The fraction of sp³-hybridized carbons (Fsp3) is 0.625. The van der Waals surface area contributed by atoms with Gasteiger partial charge in [-0.05, 0) is 6.92 Å². The molecule has 0 saturated heterocycles. The first-order chi connectivity index (χ1) is 4.48. The summed E-state index contributed by atoms with van der Waals surface area (Å²) in [6, 6.07) is 0. The molecule has 57 valence electrons. The molecule has 0 unspecified atom stereocenters. The summed E-state index contributed by atoms with van der Waals surface area (Å²) >= 11 is 0. The standard InChI is InChI=1S/C8H13O2/c1-8(2,3)7(10)5-4-6-9/h6H,1,4-5H2,2-3H3. The highest BCUT2D eigenvalue weighted by Crippen LogP contribution is 2.16. The highest BCUT2D eigenvalue weighted by molar-refractivity contribution is 5.85. The van der Waals surface area contributed by atoms with Crippen molar-refractivity contribution in [2.45, 2.75) is 26.7 Å². The fourth-order valence-electron chi connectivity index (χ4n) is 0.528. The van der Waals surface area contributed by atoms with Crippen LogP contribution in [0.3, 0.4) is 0 Å². The maximum atomic E-state index is 11.0. The van der Waals surface area contributed by atoms with Crippen molar-refractivity contribution in [3.63, 3.8) is 0 Å². The third kappa shape index (κ3) is 3.38. The molecule has 0 heterocycles. The second-order valence-electron chi connectivity index (χ2n) is 3.01. The third-order valence-electron chi connectivity index (χ3n) is 1.24. The van der Waals surface area contributed by atoms with Crippen molar-refractivity contribution in [1.82, 2.24) is 0 Å². The lowest BCUT2D eigenvalue weighted by molar-refractivity contribution is -0.126. The molecule has 0 aliphatic carbocycles. The summed E-state index contributed by atoms with van der Waals surface area (Å²) in [7, 11) is 0. The van der Waals surface area contributed by atoms with Gasteiger partial charge in [0, 0.05) is 18.3 Å². The maximum Gasteiger partial charge on any atom is 0.138 e. The Balaban J connectivity index is 3.74. The molecule has 0 amide bonds. The van der Waals surface area contributed by atoms with Crippen LogP contribution in [-0.4, -0.2) is 12.1 Å². The molecule has 0 atom stereocenters. The predicted molar refractivity (Wildman–Crippen MR) is 39.4 cm³/mol. The van der Waals surface area contributed by atoms with E-state index in [4.69, 9.17) is 0 Å². The monoisotopic (exact) mass is 141 g/mol. The van der Waals surface area contributed by atoms with Gasteiger partial charge < -0.3 is 4.79 Å². The van der Waals surface area contributed by atoms with Gasteiger partial charge in [-0.25, -0.2) is 0 Å². The Morgan fingerprint density at radius 2 is 2.10 bits per heavy atom. The zero-order chi connectivity index (χ0) is 8.20. The van der Waals surface area contributed by atoms with Crippen LogP contribution in [0.4, 0.5) is 0 Å². The number of rotatable bonds is 4. The fourth-order valence-corrected chi connectivity index (χ4v) is 0.528. The van der Waals surface area contributed by atoms with E-state index < -0.39 is 5.41 Å². The summed E-state index contributed by atoms with van der Waals surface area (Å²) in [6.45, 7) is 7.16. The number of carbonyl (C=O) groups is 2. The van der Waals surface area contributed by atoms with E-state index in [0.29, 0.717) is 12.8 Å². The van der Waals surface area contributed by atoms with Crippen LogP contribution in [0, 0.1) is 12.3 Å². The van der Waals surface area contributed by atoms with Crippen LogP contribution in [0.15, 0.2) is 0 Å². The van der Waals surface area contributed by atoms with E-state index in [1.165, 1.54) is 0 Å². The molecule has 1 radical (unpaired) electrons. The van der Waals surface area contributed by atoms with Gasteiger partial charge in [0.15, 0.2) is 0 Å². The number of ketones is 1. The smallest absolute Gasteiger partial charge is 0.138 e. The molecule has 0 aromatic carbocycles. The second-order valence-corrected chi connectivity index (χ2v) is 3.01. The molecule has 10 heavy (non-hydrogen) atoms. The van der Waals surface area contributed by atoms with E-state index in [-0.39, 0.29) is 5.78 Å². The lowest BCUT2D eigenvalue weighted by Gasteiger charge is -2.14. The number of hydrogen-bond acceptors (Lipinski definition) is 2. The number of carbonyl (C=O) groups excluding carboxylic acids is 2. The molecule has 0 spiro atoms. The van der Waals surface area contributed by atoms with Crippen molar-refractivity contribution in [1.29, 1.82) is 0 Å². The molecule has 0 aromatic heterocycles. The second kappa shape index (κ2) is 3.49. The van der Waals surface area contributed by atoms with Crippen LogP contribution in [0.25, 0.3) is 0 Å². The van der Waals surface area contributed by atoms with Crippen molar-refractivity contribution in [2.75, 3.05) is 0 Å². The van der Waals surface area contributed by atoms with E-state index in [2.05, 4.69) is 6.92 Å². The predicted octanol–water partition coefficient (Wildman–Crippen LogP) is 1.39. The first-order valence-corrected chi connectivity index (χ1v) is 3.31. The Hall–Kier alpha value is -0.660. The highest BCUT2D eigenvalue weighted by Gasteiger charge is 2.19. The van der Waals surface area contributed by atoms with E-state index in [9.17, 15) is 9.59 Å². The Kier molecular flexibility index (Phi) is 3.26. The van der Waals surface area contributed by atoms with Crippen molar-refractivity contribution >= 4 is 12.1 Å². The van der Waals surface area contributed by atoms with E-state index in [1.807, 2.05) is 0 Å². The van der Waals surface area contributed by atoms with Crippen LogP contribution < -0.4 is 0 Å². The van der Waals surface area contributed by atoms with Crippen molar-refractivity contribution in [2.24, 2.45) is 5.41 Å². The Bertz CT molecular complexity index is 131. The van der Waals surface area contributed by atoms with Crippen molar-refractivity contribution in [3.8, 4) is 0 Å². The van der Waals surface area contributed by atoms with Gasteiger partial charge >= 0.3 is 0 Å². The molecule has 0 aromatic rings. The molecule has 0 aliphatic heterocycles. The van der Waals surface area contributed by atoms with Crippen LogP contribution in [0.5, 0.6) is 0 Å². The third-order valence-corrected chi connectivity index (χ3v) is 1.24. The molecule has 0 fully saturated rings. The molecule has 2 heteroatoms. The van der Waals surface area contributed by atoms with Crippen LogP contribution in [0.1, 0.15) is 26.7 Å². The van der Waals surface area contributed by atoms with E-state index in [1.54, 1.807) is 13.8 Å². The average Bonchev–Trinajstić information content (AvgIpc) is 1.80. The van der Waals surface area contributed by atoms with Gasteiger partial charge in [-0.1, -0.05) is 13.8 Å². The molecule has 0 rings (SSSR count). The first-order valence-electron chi connectivity index (χ1n) is 3.31. The molecular weight excluding hydrogens is 128 g/mol. The van der Waals surface area contributed by atoms with Crippen LogP contribution >= 0.6 is 0 Å². The lowest BCUT2D eigenvalue weighted by atomic mass is 9.88. The van der Waals surface area contributed by atoms with Crippen LogP contribution in [-0.2, 0) is 9.59 Å². The molecular formula is C8H13O2. The Labute approximate surface area is 61.6 Å². The zero-order valence-electron chi connectivity index (χ0n) is 6.52. The normalized spacial score (nSPS) is 11.1. The minimum Gasteiger partial charge on any atom is -0.303 e. The lowest BCUT2D eigenvalue weighted by Crippen LogP contribution is -2.20. The summed E-state index contributed by atoms with van der Waals surface area (Å²) < 4.78 is 0. The number of aldehydes is 1. The minimum absolute atomic E-state index is 0.0413. The van der Waals surface area contributed by atoms with Gasteiger partial charge in [0.25, 0.3) is 0 Å². The summed E-state index contributed by atoms with van der Waals surface area (Å²) in [5.74, 6) is 0.0413. The topological polar surface area (TPSA) is 34.1 Å². The van der Waals surface area contributed by atoms with Gasteiger partial charge in [-0.3, -0.25) is 4.79 Å². The van der Waals surface area contributed by atoms with Crippen molar-refractivity contribution in [3.05, 3.63) is 6.92 Å². The summed E-state index contributed by atoms with van der Waals surface area (Å²) in [6.07, 6.45) is 1.39. The van der Waals surface area contributed by atoms with Gasteiger partial charge in [0.2, 0.25) is 0 Å². The summed E-state index contributed by atoms with van der Waals surface area (Å²) in [5.41, 5.74) is -0.539. The van der Waals surface area contributed by atoms with Gasteiger partial charge in [-0.15, -0.1) is 0 Å². The Morgan fingerprint density at radius 3 is 2.40 bits per heavy atom. The van der Waals surface area contributed by atoms with Gasteiger partial charge in [0.1, 0.15) is 12.1 Å². The van der Waals surface area contributed by atoms with E-state index in [0.717, 1.165) is 6.29 Å². The molecule has 0 N–H and O–H groups in total. The minimum atomic E-state index is -0.539. The highest BCUT2D eigenvalue weighted by atomic mass is 16.1. The molecule has 0 aliphatic rings. The maximum absolute atomic E-state index is 11.0. The number of Topliss-reactive ketones (excluding diaryl/α,β-unsaturated/α-hetero) is 1. The number of hydrogen-bond donors (Lipinski definition) is 0. The van der Waals surface area contributed by atoms with Crippen LogP contribution in [0.2, 0.25) is 0 Å². The Morgan fingerprint density at radius 1 is 1.60 bits per heavy atom. The summed E-state index contributed by atoms with van der Waals surface area (Å²) in [4.78, 5) is 20.9.